The van der Waals surface area contributed by atoms with Crippen molar-refractivity contribution in [3.8, 4) is 0 Å². The second kappa shape index (κ2) is 7.23. The van der Waals surface area contributed by atoms with Crippen molar-refractivity contribution >= 4 is 45.5 Å². The quantitative estimate of drug-likeness (QED) is 0.323. The highest BCUT2D eigenvalue weighted by Gasteiger charge is 2.56. The van der Waals surface area contributed by atoms with Crippen molar-refractivity contribution in [2.24, 2.45) is 5.92 Å². The van der Waals surface area contributed by atoms with Gasteiger partial charge in [-0.3, -0.25) is 9.59 Å². The summed E-state index contributed by atoms with van der Waals surface area (Å²) in [6.45, 7) is 3.67. The molecule has 23 heavy (non-hydrogen) atoms. The van der Waals surface area contributed by atoms with E-state index in [1.165, 1.54) is 16.7 Å². The molecule has 0 radical (unpaired) electrons. The number of carboxylic acid groups (broad SMARTS) is 1. The summed E-state index contributed by atoms with van der Waals surface area (Å²) in [6.07, 6.45) is -0.348. The fraction of sp³-hybridized carbons (Fsp3) is 0.643. The molecule has 0 spiro atoms. The number of rotatable bonds is 7. The molecule has 7 nitrogen and oxygen atoms in total. The molecular weight excluding hydrogens is 388 g/mol. The Morgan fingerprint density at radius 3 is 2.65 bits per heavy atom. The van der Waals surface area contributed by atoms with Gasteiger partial charge in [0.1, 0.15) is 5.70 Å². The lowest BCUT2D eigenvalue weighted by atomic mass is 9.83. The van der Waals surface area contributed by atoms with Gasteiger partial charge in [0.25, 0.3) is 0 Å². The zero-order chi connectivity index (χ0) is 17.3. The maximum atomic E-state index is 12.0. The average Bonchev–Trinajstić information content (AvgIpc) is 2.77. The van der Waals surface area contributed by atoms with E-state index in [9.17, 15) is 24.6 Å². The number of alkyl halides is 1. The highest BCUT2D eigenvalue weighted by atomic mass is 79.9. The summed E-state index contributed by atoms with van der Waals surface area (Å²) in [6, 6.07) is -0.270. The predicted octanol–water partition coefficient (Wildman–Crippen LogP) is 0.527. The highest BCUT2D eigenvalue weighted by molar-refractivity contribution is 9.10. The van der Waals surface area contributed by atoms with Crippen LogP contribution in [0.5, 0.6) is 0 Å². The monoisotopic (exact) mass is 406 g/mol. The van der Waals surface area contributed by atoms with Gasteiger partial charge in [0.2, 0.25) is 11.8 Å². The van der Waals surface area contributed by atoms with Crippen LogP contribution in [0.25, 0.3) is 0 Å². The third-order valence-electron chi connectivity index (χ3n) is 3.93. The minimum atomic E-state index is -1.13. The highest BCUT2D eigenvalue weighted by Crippen LogP contribution is 2.46. The third-order valence-corrected chi connectivity index (χ3v) is 5.46. The van der Waals surface area contributed by atoms with Crippen molar-refractivity contribution in [2.75, 3.05) is 12.3 Å². The lowest BCUT2D eigenvalue weighted by molar-refractivity contribution is -0.161. The molecule has 2 aliphatic rings. The number of aliphatic hydroxyl groups excluding tert-OH is 1. The first-order valence-electron chi connectivity index (χ1n) is 7.27. The smallest absolute Gasteiger partial charge is 0.353 e. The largest absolute Gasteiger partial charge is 0.477 e. The standard InChI is InChI=1S/C14H19BrN2O5S/c1-6(15)12(19)16-3-4-23-9-5-8-10(7(2)18)13(20)17(8)11(9)14(21)22/h6-8,10,18H,3-5H2,1-2H3,(H,16,19)(H,21,22)/t6?,7-,8-,10-/m1/s1. The number of hydrogen-bond acceptors (Lipinski definition) is 5. The number of fused-ring (bicyclic) bond motifs is 1. The molecular formula is C14H19BrN2O5S. The van der Waals surface area contributed by atoms with Crippen LogP contribution in [0.2, 0.25) is 0 Å². The van der Waals surface area contributed by atoms with Gasteiger partial charge in [-0.1, -0.05) is 15.9 Å². The average molecular weight is 407 g/mol. The number of thioether (sulfide) groups is 1. The fourth-order valence-corrected chi connectivity index (χ4v) is 4.07. The van der Waals surface area contributed by atoms with Crippen LogP contribution in [0.3, 0.4) is 0 Å². The molecule has 3 N–H and O–H groups in total. The number of carboxylic acids is 1. The summed E-state index contributed by atoms with van der Waals surface area (Å²) >= 11 is 4.49. The van der Waals surface area contributed by atoms with Gasteiger partial charge < -0.3 is 20.4 Å². The van der Waals surface area contributed by atoms with Crippen molar-refractivity contribution in [3.05, 3.63) is 10.6 Å². The second-order valence-electron chi connectivity index (χ2n) is 5.58. The van der Waals surface area contributed by atoms with Crippen LogP contribution in [0.1, 0.15) is 20.3 Å². The van der Waals surface area contributed by atoms with E-state index < -0.39 is 18.0 Å². The van der Waals surface area contributed by atoms with E-state index in [4.69, 9.17) is 0 Å². The maximum Gasteiger partial charge on any atom is 0.353 e. The lowest BCUT2D eigenvalue weighted by Crippen LogP contribution is -2.61. The number of aliphatic hydroxyl groups is 1. The van der Waals surface area contributed by atoms with Crippen molar-refractivity contribution in [1.29, 1.82) is 0 Å². The van der Waals surface area contributed by atoms with Crippen LogP contribution in [0.15, 0.2) is 10.6 Å². The van der Waals surface area contributed by atoms with Crippen LogP contribution < -0.4 is 5.32 Å². The number of nitrogens with one attached hydrogen (secondary N) is 1. The first-order valence-corrected chi connectivity index (χ1v) is 9.18. The Kier molecular flexibility index (Phi) is 5.74. The Bertz CT molecular complexity index is 563. The molecule has 1 saturated heterocycles. The van der Waals surface area contributed by atoms with Gasteiger partial charge in [-0.25, -0.2) is 4.79 Å². The Labute approximate surface area is 146 Å². The molecule has 0 aromatic heterocycles. The third kappa shape index (κ3) is 3.56. The minimum absolute atomic E-state index is 0.0158. The van der Waals surface area contributed by atoms with E-state index >= 15 is 0 Å². The Hall–Kier alpha value is -1.06. The molecule has 4 atom stereocenters. The van der Waals surface area contributed by atoms with Gasteiger partial charge >= 0.3 is 5.97 Å². The van der Waals surface area contributed by atoms with E-state index in [1.54, 1.807) is 13.8 Å². The minimum Gasteiger partial charge on any atom is -0.477 e. The van der Waals surface area contributed by atoms with Gasteiger partial charge in [-0.15, -0.1) is 11.8 Å². The van der Waals surface area contributed by atoms with Crippen molar-refractivity contribution in [3.63, 3.8) is 0 Å². The van der Waals surface area contributed by atoms with E-state index in [0.29, 0.717) is 23.6 Å². The summed E-state index contributed by atoms with van der Waals surface area (Å²) in [4.78, 5) is 36.5. The number of amides is 2. The molecule has 2 aliphatic heterocycles. The van der Waals surface area contributed by atoms with Crippen LogP contribution in [-0.4, -0.2) is 62.2 Å². The van der Waals surface area contributed by atoms with E-state index in [0.717, 1.165) is 0 Å². The van der Waals surface area contributed by atoms with Gasteiger partial charge in [0.05, 0.1) is 22.9 Å². The van der Waals surface area contributed by atoms with Crippen molar-refractivity contribution in [2.45, 2.75) is 37.2 Å². The number of nitrogens with zero attached hydrogens (tertiary/aromatic N) is 1. The Morgan fingerprint density at radius 2 is 2.13 bits per heavy atom. The molecule has 1 unspecified atom stereocenters. The summed E-state index contributed by atoms with van der Waals surface area (Å²) < 4.78 is 0. The van der Waals surface area contributed by atoms with Crippen molar-refractivity contribution < 1.29 is 24.6 Å². The number of halogens is 1. The van der Waals surface area contributed by atoms with Crippen LogP contribution in [-0.2, 0) is 14.4 Å². The molecule has 2 heterocycles. The summed E-state index contributed by atoms with van der Waals surface area (Å²) in [5, 5.41) is 21.7. The molecule has 128 valence electrons. The number of hydrogen-bond donors (Lipinski definition) is 3. The molecule has 0 aliphatic carbocycles. The molecule has 2 amide bonds. The maximum absolute atomic E-state index is 12.0. The normalized spacial score (nSPS) is 25.7. The molecule has 9 heteroatoms. The Balaban J connectivity index is 1.97. The second-order valence-corrected chi connectivity index (χ2v) is 8.14. The molecule has 0 saturated carbocycles. The lowest BCUT2D eigenvalue weighted by Gasteiger charge is -2.44. The Morgan fingerprint density at radius 1 is 1.48 bits per heavy atom. The summed E-state index contributed by atoms with van der Waals surface area (Å²) in [7, 11) is 0. The van der Waals surface area contributed by atoms with Gasteiger partial charge in [0.15, 0.2) is 0 Å². The zero-order valence-corrected chi connectivity index (χ0v) is 15.2. The molecule has 2 rings (SSSR count). The molecule has 0 aromatic rings. The van der Waals surface area contributed by atoms with Crippen molar-refractivity contribution in [1.82, 2.24) is 10.2 Å². The SMILES string of the molecule is CC(Br)C(=O)NCCSC1=C(C(=O)O)N2C(=O)[C@H]([C@@H](C)O)[C@H]2C1. The number of carbonyl (C=O) groups excluding carboxylic acids is 2. The van der Waals surface area contributed by atoms with Crippen LogP contribution >= 0.6 is 27.7 Å². The van der Waals surface area contributed by atoms with E-state index in [2.05, 4.69) is 21.2 Å². The van der Waals surface area contributed by atoms with Gasteiger partial charge in [0, 0.05) is 23.6 Å². The molecule has 0 bridgehead atoms. The predicted molar refractivity (Wildman–Crippen MR) is 88.9 cm³/mol. The number of aliphatic carboxylic acids is 1. The fourth-order valence-electron chi connectivity index (χ4n) is 2.85. The first-order chi connectivity index (χ1) is 10.8. The molecule has 1 fully saturated rings. The summed E-state index contributed by atoms with van der Waals surface area (Å²) in [5.74, 6) is -1.61. The number of β-lactam (4-membered cyclic amide) rings is 1. The first kappa shape index (κ1) is 18.3. The number of carbonyl (C=O) groups is 3. The van der Waals surface area contributed by atoms with E-state index in [1.807, 2.05) is 0 Å². The van der Waals surface area contributed by atoms with E-state index in [-0.39, 0.29) is 28.4 Å². The molecule has 0 aromatic carbocycles. The summed E-state index contributed by atoms with van der Waals surface area (Å²) in [5.41, 5.74) is 0.0158. The van der Waals surface area contributed by atoms with Crippen LogP contribution in [0.4, 0.5) is 0 Å². The topological polar surface area (TPSA) is 107 Å². The zero-order valence-electron chi connectivity index (χ0n) is 12.8. The van der Waals surface area contributed by atoms with Gasteiger partial charge in [-0.2, -0.15) is 0 Å². The van der Waals surface area contributed by atoms with Gasteiger partial charge in [-0.05, 0) is 13.8 Å². The van der Waals surface area contributed by atoms with Crippen LogP contribution in [0, 0.1) is 5.92 Å².